The van der Waals surface area contributed by atoms with Gasteiger partial charge in [0.1, 0.15) is 5.75 Å². The summed E-state index contributed by atoms with van der Waals surface area (Å²) in [6, 6.07) is 4.85. The topological polar surface area (TPSA) is 53.1 Å². The Balaban J connectivity index is 3.09. The van der Waals surface area contributed by atoms with Crippen LogP contribution in [0.5, 0.6) is 5.75 Å². The molecule has 2 aromatic rings. The molecule has 0 spiro atoms. The largest absolute Gasteiger partial charge is 0.507 e. The summed E-state index contributed by atoms with van der Waals surface area (Å²) >= 11 is 3.25. The van der Waals surface area contributed by atoms with Crippen molar-refractivity contribution in [3.05, 3.63) is 39.2 Å². The zero-order valence-corrected chi connectivity index (χ0v) is 8.13. The van der Waals surface area contributed by atoms with Gasteiger partial charge in [0, 0.05) is 16.1 Å². The quantitative estimate of drug-likeness (QED) is 0.739. The van der Waals surface area contributed by atoms with Crippen LogP contribution < -0.4 is 5.56 Å². The molecule has 1 aromatic heterocycles. The van der Waals surface area contributed by atoms with Gasteiger partial charge in [-0.1, -0.05) is 6.07 Å². The number of H-pyrrole nitrogens is 1. The van der Waals surface area contributed by atoms with Gasteiger partial charge in [-0.15, -0.1) is 0 Å². The smallest absolute Gasteiger partial charge is 0.256 e. The van der Waals surface area contributed by atoms with Gasteiger partial charge in [0.25, 0.3) is 5.56 Å². The average Bonchev–Trinajstić information content (AvgIpc) is 2.12. The van der Waals surface area contributed by atoms with Crippen LogP contribution in [0.25, 0.3) is 10.8 Å². The number of aromatic nitrogens is 1. The van der Waals surface area contributed by atoms with Crippen molar-refractivity contribution in [2.24, 2.45) is 0 Å². The Hall–Kier alpha value is -1.29. The van der Waals surface area contributed by atoms with Crippen LogP contribution in [0.4, 0.5) is 0 Å². The van der Waals surface area contributed by atoms with Gasteiger partial charge in [-0.3, -0.25) is 4.79 Å². The van der Waals surface area contributed by atoms with Gasteiger partial charge in [-0.25, -0.2) is 0 Å². The van der Waals surface area contributed by atoms with Crippen molar-refractivity contribution in [3.8, 4) is 5.75 Å². The fraction of sp³-hybridized carbons (Fsp3) is 0. The Morgan fingerprint density at radius 3 is 2.85 bits per heavy atom. The maximum absolute atomic E-state index is 11.3. The summed E-state index contributed by atoms with van der Waals surface area (Å²) in [6.45, 7) is 0. The minimum atomic E-state index is -0.200. The molecule has 2 rings (SSSR count). The first-order valence-electron chi connectivity index (χ1n) is 3.69. The third-order valence-corrected chi connectivity index (χ3v) is 2.48. The normalized spacial score (nSPS) is 10.5. The summed E-state index contributed by atoms with van der Waals surface area (Å²) < 4.78 is 0.681. The molecular weight excluding hydrogens is 234 g/mol. The summed E-state index contributed by atoms with van der Waals surface area (Å²) in [7, 11) is 0. The second kappa shape index (κ2) is 2.88. The van der Waals surface area contributed by atoms with Crippen LogP contribution >= 0.6 is 15.9 Å². The van der Waals surface area contributed by atoms with Crippen molar-refractivity contribution in [2.75, 3.05) is 0 Å². The lowest BCUT2D eigenvalue weighted by atomic mass is 10.1. The first-order chi connectivity index (χ1) is 6.20. The highest BCUT2D eigenvalue weighted by Gasteiger charge is 2.05. The lowest BCUT2D eigenvalue weighted by Crippen LogP contribution is -2.04. The van der Waals surface area contributed by atoms with Gasteiger partial charge < -0.3 is 10.1 Å². The van der Waals surface area contributed by atoms with Crippen molar-refractivity contribution in [1.29, 1.82) is 0 Å². The number of hydrogen-bond donors (Lipinski definition) is 2. The van der Waals surface area contributed by atoms with Crippen molar-refractivity contribution < 1.29 is 5.11 Å². The number of hydrogen-bond acceptors (Lipinski definition) is 2. The lowest BCUT2D eigenvalue weighted by Gasteiger charge is -2.01. The van der Waals surface area contributed by atoms with E-state index in [-0.39, 0.29) is 11.3 Å². The van der Waals surface area contributed by atoms with Crippen molar-refractivity contribution in [2.45, 2.75) is 0 Å². The summed E-state index contributed by atoms with van der Waals surface area (Å²) in [6.07, 6.45) is 1.52. The highest BCUT2D eigenvalue weighted by Crippen LogP contribution is 2.28. The van der Waals surface area contributed by atoms with E-state index in [9.17, 15) is 9.90 Å². The van der Waals surface area contributed by atoms with Crippen LogP contribution in [0.1, 0.15) is 0 Å². The first kappa shape index (κ1) is 8.31. The molecule has 3 nitrogen and oxygen atoms in total. The minimum absolute atomic E-state index is 0.107. The van der Waals surface area contributed by atoms with Crippen LogP contribution in [0.15, 0.2) is 33.7 Å². The van der Waals surface area contributed by atoms with E-state index >= 15 is 0 Å². The SMILES string of the molecule is O=c1[nH]cc(Br)c2c(O)cccc12. The van der Waals surface area contributed by atoms with E-state index in [1.54, 1.807) is 18.2 Å². The minimum Gasteiger partial charge on any atom is -0.507 e. The molecule has 2 N–H and O–H groups in total. The van der Waals surface area contributed by atoms with E-state index in [2.05, 4.69) is 20.9 Å². The van der Waals surface area contributed by atoms with E-state index in [1.165, 1.54) is 6.20 Å². The highest BCUT2D eigenvalue weighted by atomic mass is 79.9. The molecule has 4 heteroatoms. The molecule has 0 bridgehead atoms. The summed E-state index contributed by atoms with van der Waals surface area (Å²) in [4.78, 5) is 13.9. The van der Waals surface area contributed by atoms with Gasteiger partial charge in [0.2, 0.25) is 0 Å². The lowest BCUT2D eigenvalue weighted by molar-refractivity contribution is 0.481. The summed E-state index contributed by atoms with van der Waals surface area (Å²) in [5.74, 6) is 0.107. The molecule has 0 saturated carbocycles. The second-order valence-corrected chi connectivity index (χ2v) is 3.52. The Labute approximate surface area is 82.2 Å². The maximum atomic E-state index is 11.3. The molecule has 0 aliphatic rings. The predicted octanol–water partition coefficient (Wildman–Crippen LogP) is 2.00. The fourth-order valence-corrected chi connectivity index (χ4v) is 1.79. The van der Waals surface area contributed by atoms with E-state index in [4.69, 9.17) is 0 Å². The molecule has 0 aliphatic heterocycles. The van der Waals surface area contributed by atoms with Gasteiger partial charge in [-0.2, -0.15) is 0 Å². The molecule has 66 valence electrons. The number of aromatic hydroxyl groups is 1. The van der Waals surface area contributed by atoms with E-state index in [0.717, 1.165) is 0 Å². The van der Waals surface area contributed by atoms with Crippen LogP contribution in [-0.2, 0) is 0 Å². The molecule has 13 heavy (non-hydrogen) atoms. The monoisotopic (exact) mass is 239 g/mol. The summed E-state index contributed by atoms with van der Waals surface area (Å²) in [5.41, 5.74) is -0.200. The Bertz CT molecular complexity index is 510. The van der Waals surface area contributed by atoms with Gasteiger partial charge in [-0.05, 0) is 28.1 Å². The standard InChI is InChI=1S/C9H6BrNO2/c10-6-4-11-9(13)5-2-1-3-7(12)8(5)6/h1-4,12H,(H,11,13). The van der Waals surface area contributed by atoms with E-state index in [0.29, 0.717) is 15.2 Å². The zero-order chi connectivity index (χ0) is 9.42. The van der Waals surface area contributed by atoms with Crippen LogP contribution in [0.2, 0.25) is 0 Å². The summed E-state index contributed by atoms with van der Waals surface area (Å²) in [5, 5.41) is 10.5. The van der Waals surface area contributed by atoms with Crippen molar-refractivity contribution in [1.82, 2.24) is 4.98 Å². The van der Waals surface area contributed by atoms with Gasteiger partial charge in [0.15, 0.2) is 0 Å². The number of fused-ring (bicyclic) bond motifs is 1. The van der Waals surface area contributed by atoms with Crippen molar-refractivity contribution in [3.63, 3.8) is 0 Å². The number of benzene rings is 1. The molecule has 0 unspecified atom stereocenters. The maximum Gasteiger partial charge on any atom is 0.256 e. The molecule has 0 amide bonds. The average molecular weight is 240 g/mol. The number of aromatic amines is 1. The molecule has 0 radical (unpaired) electrons. The van der Waals surface area contributed by atoms with Gasteiger partial charge in [0.05, 0.1) is 5.39 Å². The molecule has 0 fully saturated rings. The first-order valence-corrected chi connectivity index (χ1v) is 4.48. The highest BCUT2D eigenvalue weighted by molar-refractivity contribution is 9.10. The van der Waals surface area contributed by atoms with Gasteiger partial charge >= 0.3 is 0 Å². The zero-order valence-electron chi connectivity index (χ0n) is 6.54. The van der Waals surface area contributed by atoms with Crippen LogP contribution in [0.3, 0.4) is 0 Å². The molecule has 0 atom stereocenters. The Kier molecular flexibility index (Phi) is 1.84. The number of phenols is 1. The predicted molar refractivity (Wildman–Crippen MR) is 53.9 cm³/mol. The molecule has 0 saturated heterocycles. The fourth-order valence-electron chi connectivity index (χ4n) is 1.26. The molecule has 1 aromatic carbocycles. The van der Waals surface area contributed by atoms with Crippen LogP contribution in [-0.4, -0.2) is 10.1 Å². The number of phenolic OH excluding ortho intramolecular Hbond substituents is 1. The van der Waals surface area contributed by atoms with E-state index in [1.807, 2.05) is 0 Å². The third-order valence-electron chi connectivity index (χ3n) is 1.86. The van der Waals surface area contributed by atoms with Crippen molar-refractivity contribution >= 4 is 26.7 Å². The second-order valence-electron chi connectivity index (χ2n) is 2.67. The Morgan fingerprint density at radius 2 is 2.15 bits per heavy atom. The molecular formula is C9H6BrNO2. The molecule has 0 aliphatic carbocycles. The van der Waals surface area contributed by atoms with E-state index < -0.39 is 0 Å². The molecule has 1 heterocycles. The van der Waals surface area contributed by atoms with Crippen LogP contribution in [0, 0.1) is 0 Å². The number of halogens is 1. The number of rotatable bonds is 0. The number of nitrogens with one attached hydrogen (secondary N) is 1. The Morgan fingerprint density at radius 1 is 1.38 bits per heavy atom. The number of pyridine rings is 1. The third kappa shape index (κ3) is 1.23.